The fourth-order valence-electron chi connectivity index (χ4n) is 3.46. The molecule has 4 amide bonds. The lowest BCUT2D eigenvalue weighted by molar-refractivity contribution is 0.0920. The Kier molecular flexibility index (Phi) is 9.20. The molecule has 0 bridgehead atoms. The van der Waals surface area contributed by atoms with Crippen LogP contribution < -0.4 is 21.3 Å². The zero-order valence-electron chi connectivity index (χ0n) is 20.8. The maximum absolute atomic E-state index is 12.4. The standard InChI is InChI=1S/C26H26N4O10/c31-17-5-1-3-13(19(17)33)23(37)27-9-11-29-25(39)15-7-8-16(22(36)21(15)35)26(40)30-12-10-28-24(38)14-4-2-6-18(32)20(14)34/h1-8,31-36H,9-12H2,(H,27,37)(H,28,38)(H,29,39)(H,30,40). The minimum Gasteiger partial charge on any atom is -0.504 e. The van der Waals surface area contributed by atoms with Crippen molar-refractivity contribution >= 4 is 23.6 Å². The first kappa shape index (κ1) is 28.9. The molecule has 10 N–H and O–H groups in total. The Bertz CT molecular complexity index is 1350. The van der Waals surface area contributed by atoms with Gasteiger partial charge in [0.15, 0.2) is 34.5 Å². The number of benzene rings is 3. The van der Waals surface area contributed by atoms with Crippen molar-refractivity contribution < 1.29 is 49.8 Å². The third-order valence-electron chi connectivity index (χ3n) is 5.55. The highest BCUT2D eigenvalue weighted by atomic mass is 16.3. The van der Waals surface area contributed by atoms with Crippen LogP contribution in [0.5, 0.6) is 34.5 Å². The number of amides is 4. The summed E-state index contributed by atoms with van der Waals surface area (Å²) in [5, 5.41) is 68.6. The fraction of sp³-hybridized carbons (Fsp3) is 0.154. The van der Waals surface area contributed by atoms with Crippen LogP contribution in [0.25, 0.3) is 0 Å². The van der Waals surface area contributed by atoms with Crippen molar-refractivity contribution in [2.75, 3.05) is 26.2 Å². The molecule has 0 spiro atoms. The summed E-state index contributed by atoms with van der Waals surface area (Å²) in [7, 11) is 0. The van der Waals surface area contributed by atoms with Crippen molar-refractivity contribution in [1.29, 1.82) is 0 Å². The lowest BCUT2D eigenvalue weighted by Crippen LogP contribution is -2.35. The molecule has 0 aliphatic heterocycles. The molecule has 40 heavy (non-hydrogen) atoms. The normalized spacial score (nSPS) is 10.4. The van der Waals surface area contributed by atoms with Gasteiger partial charge in [0.1, 0.15) is 0 Å². The van der Waals surface area contributed by atoms with E-state index in [-0.39, 0.29) is 48.4 Å². The summed E-state index contributed by atoms with van der Waals surface area (Å²) >= 11 is 0. The zero-order chi connectivity index (χ0) is 29.4. The minimum atomic E-state index is -0.855. The molecule has 14 nitrogen and oxygen atoms in total. The van der Waals surface area contributed by atoms with E-state index >= 15 is 0 Å². The maximum atomic E-state index is 12.4. The van der Waals surface area contributed by atoms with Crippen LogP contribution in [0.15, 0.2) is 48.5 Å². The summed E-state index contributed by atoms with van der Waals surface area (Å²) in [5.41, 5.74) is -1.02. The second-order valence-corrected chi connectivity index (χ2v) is 8.23. The summed E-state index contributed by atoms with van der Waals surface area (Å²) in [4.78, 5) is 49.0. The smallest absolute Gasteiger partial charge is 0.255 e. The minimum absolute atomic E-state index is 0.0749. The van der Waals surface area contributed by atoms with Gasteiger partial charge in [-0.05, 0) is 36.4 Å². The van der Waals surface area contributed by atoms with E-state index < -0.39 is 58.1 Å². The zero-order valence-corrected chi connectivity index (χ0v) is 20.8. The highest BCUT2D eigenvalue weighted by Gasteiger charge is 2.21. The van der Waals surface area contributed by atoms with E-state index in [1.54, 1.807) is 0 Å². The Morgan fingerprint density at radius 1 is 0.425 bits per heavy atom. The Morgan fingerprint density at radius 3 is 1.00 bits per heavy atom. The quantitative estimate of drug-likeness (QED) is 0.121. The second-order valence-electron chi connectivity index (χ2n) is 8.23. The number of carbonyl (C=O) groups is 4. The largest absolute Gasteiger partial charge is 0.504 e. The number of rotatable bonds is 10. The number of hydrogen-bond donors (Lipinski definition) is 10. The van der Waals surface area contributed by atoms with E-state index in [9.17, 15) is 49.8 Å². The molecule has 3 aromatic carbocycles. The van der Waals surface area contributed by atoms with Crippen molar-refractivity contribution in [1.82, 2.24) is 21.3 Å². The molecule has 3 aromatic rings. The summed E-state index contributed by atoms with van der Waals surface area (Å²) < 4.78 is 0. The molecule has 210 valence electrons. The molecule has 3 rings (SSSR count). The Hall–Kier alpha value is -5.66. The van der Waals surface area contributed by atoms with Gasteiger partial charge in [-0.2, -0.15) is 0 Å². The molecule has 0 unspecified atom stereocenters. The predicted octanol–water partition coefficient (Wildman–Crippen LogP) is 0.240. The van der Waals surface area contributed by atoms with Crippen LogP contribution >= 0.6 is 0 Å². The fourth-order valence-corrected chi connectivity index (χ4v) is 3.46. The number of para-hydroxylation sites is 2. The third-order valence-corrected chi connectivity index (χ3v) is 5.55. The topological polar surface area (TPSA) is 238 Å². The van der Waals surface area contributed by atoms with Gasteiger partial charge in [-0.1, -0.05) is 12.1 Å². The van der Waals surface area contributed by atoms with Gasteiger partial charge in [-0.3, -0.25) is 19.2 Å². The van der Waals surface area contributed by atoms with Crippen molar-refractivity contribution in [3.05, 3.63) is 70.8 Å². The van der Waals surface area contributed by atoms with E-state index in [2.05, 4.69) is 21.3 Å². The summed E-state index contributed by atoms with van der Waals surface area (Å²) in [5.74, 6) is -6.85. The molecule has 0 aliphatic carbocycles. The number of phenols is 6. The number of phenolic OH excluding ortho intramolecular Hbond substituents is 6. The number of hydrogen-bond acceptors (Lipinski definition) is 10. The van der Waals surface area contributed by atoms with Gasteiger partial charge in [-0.15, -0.1) is 0 Å². The van der Waals surface area contributed by atoms with Gasteiger partial charge in [0.25, 0.3) is 23.6 Å². The van der Waals surface area contributed by atoms with Gasteiger partial charge in [0.2, 0.25) is 0 Å². The van der Waals surface area contributed by atoms with Gasteiger partial charge >= 0.3 is 0 Å². The van der Waals surface area contributed by atoms with Crippen molar-refractivity contribution in [3.63, 3.8) is 0 Å². The molecule has 0 fully saturated rings. The molecule has 0 saturated carbocycles. The lowest BCUT2D eigenvalue weighted by atomic mass is 10.1. The Balaban J connectivity index is 1.48. The van der Waals surface area contributed by atoms with Crippen LogP contribution in [0.4, 0.5) is 0 Å². The van der Waals surface area contributed by atoms with Crippen molar-refractivity contribution in [3.8, 4) is 34.5 Å². The van der Waals surface area contributed by atoms with Gasteiger partial charge in [0, 0.05) is 26.2 Å². The first-order valence-electron chi connectivity index (χ1n) is 11.7. The van der Waals surface area contributed by atoms with Crippen LogP contribution in [0.1, 0.15) is 41.4 Å². The highest BCUT2D eigenvalue weighted by molar-refractivity contribution is 6.03. The number of nitrogens with one attached hydrogen (secondary N) is 4. The van der Waals surface area contributed by atoms with E-state index in [4.69, 9.17) is 0 Å². The molecule has 0 heterocycles. The average molecular weight is 555 g/mol. The molecule has 0 aromatic heterocycles. The van der Waals surface area contributed by atoms with Crippen LogP contribution in [0, 0.1) is 0 Å². The predicted molar refractivity (Wildman–Crippen MR) is 139 cm³/mol. The molecule has 0 radical (unpaired) electrons. The Labute approximate surface area is 226 Å². The van der Waals surface area contributed by atoms with Crippen LogP contribution in [0.2, 0.25) is 0 Å². The molecule has 0 atom stereocenters. The van der Waals surface area contributed by atoms with Gasteiger partial charge in [-0.25, -0.2) is 0 Å². The number of carbonyl (C=O) groups excluding carboxylic acids is 4. The summed E-state index contributed by atoms with van der Waals surface area (Å²) in [6, 6.07) is 9.94. The molecule has 0 aliphatic rings. The lowest BCUT2D eigenvalue weighted by Gasteiger charge is -2.12. The van der Waals surface area contributed by atoms with Crippen LogP contribution in [0.3, 0.4) is 0 Å². The van der Waals surface area contributed by atoms with E-state index in [0.717, 1.165) is 12.1 Å². The molecular formula is C26H26N4O10. The van der Waals surface area contributed by atoms with Crippen LogP contribution in [-0.4, -0.2) is 80.4 Å². The highest BCUT2D eigenvalue weighted by Crippen LogP contribution is 2.33. The monoisotopic (exact) mass is 554 g/mol. The van der Waals surface area contributed by atoms with E-state index in [0.29, 0.717) is 0 Å². The van der Waals surface area contributed by atoms with Crippen LogP contribution in [-0.2, 0) is 0 Å². The van der Waals surface area contributed by atoms with Gasteiger partial charge in [0.05, 0.1) is 22.3 Å². The maximum Gasteiger partial charge on any atom is 0.255 e. The molecular weight excluding hydrogens is 528 g/mol. The van der Waals surface area contributed by atoms with Gasteiger partial charge < -0.3 is 51.9 Å². The first-order chi connectivity index (χ1) is 19.0. The van der Waals surface area contributed by atoms with E-state index in [1.165, 1.54) is 36.4 Å². The molecule has 0 saturated heterocycles. The van der Waals surface area contributed by atoms with E-state index in [1.807, 2.05) is 0 Å². The number of aromatic hydroxyl groups is 6. The van der Waals surface area contributed by atoms with Crippen molar-refractivity contribution in [2.45, 2.75) is 0 Å². The SMILES string of the molecule is O=C(NCCNC(=O)c1ccc(C(=O)NCCNC(=O)c2cccc(O)c2O)c(O)c1O)c1cccc(O)c1O. The summed E-state index contributed by atoms with van der Waals surface area (Å²) in [6.45, 7) is -0.347. The second kappa shape index (κ2) is 12.7. The Morgan fingerprint density at radius 2 is 0.700 bits per heavy atom. The summed E-state index contributed by atoms with van der Waals surface area (Å²) in [6.07, 6.45) is 0. The molecule has 14 heteroatoms. The average Bonchev–Trinajstić information content (AvgIpc) is 2.93. The third kappa shape index (κ3) is 6.61. The first-order valence-corrected chi connectivity index (χ1v) is 11.7. The van der Waals surface area contributed by atoms with Crippen molar-refractivity contribution in [2.24, 2.45) is 0 Å².